The number of nitro groups is 1. The van der Waals surface area contributed by atoms with Crippen LogP contribution in [-0.2, 0) is 20.1 Å². The average Bonchev–Trinajstić information content (AvgIpc) is 2.64. The number of rotatable bonds is 5. The average molecular weight is 416 g/mol. The molecule has 29 heavy (non-hydrogen) atoms. The summed E-state index contributed by atoms with van der Waals surface area (Å²) in [5.41, 5.74) is 0.0792. The molecule has 1 aromatic rings. The summed E-state index contributed by atoms with van der Waals surface area (Å²) in [6.07, 6.45) is -4.53. The third-order valence-corrected chi connectivity index (χ3v) is 4.12. The lowest BCUT2D eigenvalue weighted by Crippen LogP contribution is -2.63. The minimum atomic E-state index is -2.27. The van der Waals surface area contributed by atoms with E-state index in [9.17, 15) is 24.8 Å². The van der Waals surface area contributed by atoms with Gasteiger partial charge in [0.1, 0.15) is 0 Å². The lowest BCUT2D eigenvalue weighted by Gasteiger charge is -2.46. The van der Waals surface area contributed by atoms with Gasteiger partial charge in [0.25, 0.3) is 5.69 Å². The van der Waals surface area contributed by atoms with Gasteiger partial charge in [-0.2, -0.15) is 0 Å². The van der Waals surface area contributed by atoms with Crippen LogP contribution in [0, 0.1) is 10.1 Å². The number of carboxylic acids is 2. The van der Waals surface area contributed by atoms with E-state index >= 15 is 0 Å². The van der Waals surface area contributed by atoms with Crippen LogP contribution in [-0.4, -0.2) is 72.8 Å². The number of carbonyl (C=O) groups is 2. The summed E-state index contributed by atoms with van der Waals surface area (Å²) in [5, 5.41) is 57.2. The Balaban J connectivity index is 0.000000359. The predicted molar refractivity (Wildman–Crippen MR) is 96.9 cm³/mol. The smallest absolute Gasteiger partial charge is 0.335 e. The molecule has 1 fully saturated rings. The zero-order chi connectivity index (χ0) is 22.6. The number of hydrogen-bond donors (Lipinski definition) is 6. The van der Waals surface area contributed by atoms with Crippen LogP contribution in [0.3, 0.4) is 0 Å². The van der Waals surface area contributed by atoms with Crippen molar-refractivity contribution in [3.63, 3.8) is 0 Å². The molecule has 0 radical (unpaired) electrons. The summed E-state index contributed by atoms with van der Waals surface area (Å²) in [6, 6.07) is 5.53. The van der Waals surface area contributed by atoms with Crippen LogP contribution in [0.25, 0.3) is 0 Å². The molecule has 0 unspecified atom stereocenters. The van der Waals surface area contributed by atoms with Gasteiger partial charge in [-0.15, -0.1) is 0 Å². The molecule has 1 heterocycles. The first-order valence-corrected chi connectivity index (χ1v) is 8.42. The van der Waals surface area contributed by atoms with Gasteiger partial charge in [-0.3, -0.25) is 10.1 Å². The van der Waals surface area contributed by atoms with Crippen LogP contribution < -0.4 is 5.32 Å². The fraction of sp³-hybridized carbons (Fsp3) is 0.529. The second-order valence-corrected chi connectivity index (χ2v) is 7.11. The van der Waals surface area contributed by atoms with Crippen LogP contribution in [0.4, 0.5) is 5.69 Å². The van der Waals surface area contributed by atoms with Crippen molar-refractivity contribution < 1.29 is 44.8 Å². The molecule has 1 saturated heterocycles. The summed E-state index contributed by atoms with van der Waals surface area (Å²) < 4.78 is 5.58. The van der Waals surface area contributed by atoms with Gasteiger partial charge in [-0.05, 0) is 20.8 Å². The van der Waals surface area contributed by atoms with Gasteiger partial charge in [0.2, 0.25) is 5.79 Å². The van der Waals surface area contributed by atoms with E-state index in [1.165, 1.54) is 12.1 Å². The first-order valence-electron chi connectivity index (χ1n) is 8.42. The Morgan fingerprint density at radius 3 is 2.17 bits per heavy atom. The van der Waals surface area contributed by atoms with Gasteiger partial charge in [-0.1, -0.05) is 12.1 Å². The molecule has 0 aromatic heterocycles. The van der Waals surface area contributed by atoms with Crippen molar-refractivity contribution in [2.75, 3.05) is 6.61 Å². The molecule has 1 aromatic carbocycles. The topological polar surface area (TPSA) is 200 Å². The minimum Gasteiger partial charge on any atom is -0.479 e. The molecule has 12 nitrogen and oxygen atoms in total. The molecule has 6 N–H and O–H groups in total. The third-order valence-electron chi connectivity index (χ3n) is 4.12. The Bertz CT molecular complexity index is 750. The molecule has 162 valence electrons. The Labute approximate surface area is 165 Å². The first kappa shape index (κ1) is 24.4. The Hall–Kier alpha value is -2.64. The number of morpholine rings is 1. The second kappa shape index (κ2) is 9.24. The lowest BCUT2D eigenvalue weighted by atomic mass is 9.92. The van der Waals surface area contributed by atoms with E-state index in [1.807, 2.05) is 13.8 Å². The van der Waals surface area contributed by atoms with Gasteiger partial charge < -0.3 is 35.6 Å². The number of benzene rings is 1. The highest BCUT2D eigenvalue weighted by molar-refractivity contribution is 5.83. The number of hydrogen-bond acceptors (Lipinski definition) is 9. The number of aliphatic hydroxyl groups excluding tert-OH is 2. The Morgan fingerprint density at radius 1 is 1.24 bits per heavy atom. The molecule has 12 heteroatoms. The predicted octanol–water partition coefficient (Wildman–Crippen LogP) is -0.596. The van der Waals surface area contributed by atoms with Gasteiger partial charge >= 0.3 is 11.9 Å². The van der Waals surface area contributed by atoms with Gasteiger partial charge in [0.15, 0.2) is 12.2 Å². The van der Waals surface area contributed by atoms with E-state index in [0.29, 0.717) is 12.2 Å². The largest absolute Gasteiger partial charge is 0.479 e. The normalized spacial score (nSPS) is 25.1. The number of nitro benzene ring substituents is 1. The van der Waals surface area contributed by atoms with Crippen molar-refractivity contribution in [1.82, 2.24) is 5.32 Å². The van der Waals surface area contributed by atoms with Crippen molar-refractivity contribution in [3.8, 4) is 0 Å². The van der Waals surface area contributed by atoms with E-state index in [4.69, 9.17) is 25.2 Å². The first-order chi connectivity index (χ1) is 13.2. The summed E-state index contributed by atoms with van der Waals surface area (Å²) in [6.45, 7) is 6.04. The van der Waals surface area contributed by atoms with Crippen LogP contribution in [0.15, 0.2) is 24.3 Å². The maximum absolute atomic E-state index is 10.8. The number of carboxylic acid groups (broad SMARTS) is 2. The number of nitrogens with one attached hydrogen (secondary N) is 1. The van der Waals surface area contributed by atoms with Crippen molar-refractivity contribution in [3.05, 3.63) is 39.9 Å². The van der Waals surface area contributed by atoms with Crippen LogP contribution in [0.2, 0.25) is 0 Å². The van der Waals surface area contributed by atoms with Crippen molar-refractivity contribution >= 4 is 17.6 Å². The number of aliphatic carboxylic acids is 2. The standard InChI is InChI=1S/C13H18N2O4.C4H6O6/c1-9-13(16,19-8-12(2,3)14-9)10-5-4-6-11(7-10)15(17)18;5-1(3(7)8)2(6)4(9)10/h4-7,9,14,16H,8H2,1-3H3;1-2,5-6H,(H,7,8)(H,9,10)/t9-,13+;1-,2-/m00/s1. The monoisotopic (exact) mass is 416 g/mol. The Kier molecular flexibility index (Phi) is 7.77. The van der Waals surface area contributed by atoms with Gasteiger partial charge in [-0.25, -0.2) is 9.59 Å². The second-order valence-electron chi connectivity index (χ2n) is 7.11. The quantitative estimate of drug-likeness (QED) is 0.264. The molecule has 0 bridgehead atoms. The van der Waals surface area contributed by atoms with Gasteiger partial charge in [0, 0.05) is 23.2 Å². The van der Waals surface area contributed by atoms with Crippen LogP contribution >= 0.6 is 0 Å². The highest BCUT2D eigenvalue weighted by Gasteiger charge is 2.45. The molecule has 0 aliphatic carbocycles. The van der Waals surface area contributed by atoms with Crippen molar-refractivity contribution in [2.45, 2.75) is 50.3 Å². The zero-order valence-corrected chi connectivity index (χ0v) is 16.0. The SMILES string of the molecule is C[C@@H]1NC(C)(C)CO[C@@]1(O)c1cccc([N+](=O)[O-])c1.O=C(O)[C@@H](O)[C@H](O)C(=O)O. The Morgan fingerprint density at radius 2 is 1.76 bits per heavy atom. The van der Waals surface area contributed by atoms with E-state index in [0.717, 1.165) is 0 Å². The summed E-state index contributed by atoms with van der Waals surface area (Å²) in [7, 11) is 0. The van der Waals surface area contributed by atoms with E-state index in [1.54, 1.807) is 19.1 Å². The van der Waals surface area contributed by atoms with Crippen LogP contribution in [0.5, 0.6) is 0 Å². The van der Waals surface area contributed by atoms with E-state index in [2.05, 4.69) is 5.32 Å². The summed E-state index contributed by atoms with van der Waals surface area (Å²) in [4.78, 5) is 29.8. The maximum atomic E-state index is 10.8. The molecule has 1 aliphatic heterocycles. The molecule has 1 aliphatic rings. The zero-order valence-electron chi connectivity index (χ0n) is 16.0. The highest BCUT2D eigenvalue weighted by Crippen LogP contribution is 2.34. The van der Waals surface area contributed by atoms with Crippen LogP contribution in [0.1, 0.15) is 26.3 Å². The number of nitrogens with zero attached hydrogens (tertiary/aromatic N) is 1. The maximum Gasteiger partial charge on any atom is 0.335 e. The van der Waals surface area contributed by atoms with Gasteiger partial charge in [0.05, 0.1) is 17.6 Å². The van der Waals surface area contributed by atoms with E-state index < -0.39 is 34.9 Å². The fourth-order valence-corrected chi connectivity index (χ4v) is 2.59. The summed E-state index contributed by atoms with van der Waals surface area (Å²) in [5.74, 6) is -5.09. The lowest BCUT2D eigenvalue weighted by molar-refractivity contribution is -0.385. The molecular formula is C17H24N2O10. The van der Waals surface area contributed by atoms with Crippen molar-refractivity contribution in [1.29, 1.82) is 0 Å². The third kappa shape index (κ3) is 6.17. The number of aliphatic hydroxyl groups is 3. The highest BCUT2D eigenvalue weighted by atomic mass is 16.6. The van der Waals surface area contributed by atoms with Crippen molar-refractivity contribution in [2.24, 2.45) is 0 Å². The fourth-order valence-electron chi connectivity index (χ4n) is 2.59. The van der Waals surface area contributed by atoms with E-state index in [-0.39, 0.29) is 17.3 Å². The number of non-ortho nitro benzene ring substituents is 1. The molecule has 4 atom stereocenters. The molecule has 0 spiro atoms. The molecule has 2 rings (SSSR count). The molecule has 0 amide bonds. The molecule has 0 saturated carbocycles. The summed E-state index contributed by atoms with van der Waals surface area (Å²) >= 11 is 0. The molecular weight excluding hydrogens is 392 g/mol. The minimum absolute atomic E-state index is 0.0634. The number of ether oxygens (including phenoxy) is 1.